The number of aliphatic hydroxyl groups excluding tert-OH is 1. The second kappa shape index (κ2) is 8.84. The minimum absolute atomic E-state index is 0.0718. The first kappa shape index (κ1) is 21.6. The van der Waals surface area contributed by atoms with Gasteiger partial charge in [0, 0.05) is 5.56 Å². The minimum atomic E-state index is -4.44. The van der Waals surface area contributed by atoms with Crippen molar-refractivity contribution < 1.29 is 23.1 Å². The van der Waals surface area contributed by atoms with Crippen molar-refractivity contribution in [3.63, 3.8) is 0 Å². The zero-order valence-corrected chi connectivity index (χ0v) is 16.9. The summed E-state index contributed by atoms with van der Waals surface area (Å²) < 4.78 is 40.2. The summed E-state index contributed by atoms with van der Waals surface area (Å²) in [6.07, 6.45) is -5.49. The SMILES string of the molecule is O=C(NCc1nc2ccccc2n1CC(O)c1ccc(C(F)(F)F)cc1)c1ccccc1. The van der Waals surface area contributed by atoms with E-state index >= 15 is 0 Å². The highest BCUT2D eigenvalue weighted by Crippen LogP contribution is 2.30. The first-order valence-corrected chi connectivity index (χ1v) is 9.95. The molecule has 32 heavy (non-hydrogen) atoms. The number of alkyl halides is 3. The first-order chi connectivity index (χ1) is 15.3. The molecule has 0 aliphatic heterocycles. The molecule has 4 rings (SSSR count). The van der Waals surface area contributed by atoms with E-state index in [1.165, 1.54) is 12.1 Å². The van der Waals surface area contributed by atoms with Crippen LogP contribution in [-0.4, -0.2) is 20.6 Å². The topological polar surface area (TPSA) is 67.2 Å². The van der Waals surface area contributed by atoms with Crippen LogP contribution in [0.15, 0.2) is 78.9 Å². The van der Waals surface area contributed by atoms with Gasteiger partial charge >= 0.3 is 6.18 Å². The Kier molecular flexibility index (Phi) is 5.96. The monoisotopic (exact) mass is 439 g/mol. The van der Waals surface area contributed by atoms with Crippen LogP contribution in [0.2, 0.25) is 0 Å². The fourth-order valence-corrected chi connectivity index (χ4v) is 3.49. The molecule has 8 heteroatoms. The molecule has 0 saturated carbocycles. The number of para-hydroxylation sites is 2. The smallest absolute Gasteiger partial charge is 0.387 e. The molecule has 0 aliphatic rings. The zero-order valence-electron chi connectivity index (χ0n) is 16.9. The summed E-state index contributed by atoms with van der Waals surface area (Å²) in [6, 6.07) is 20.5. The second-order valence-electron chi connectivity index (χ2n) is 7.31. The molecule has 1 heterocycles. The molecule has 5 nitrogen and oxygen atoms in total. The maximum Gasteiger partial charge on any atom is 0.416 e. The van der Waals surface area contributed by atoms with Gasteiger partial charge in [0.05, 0.1) is 35.8 Å². The Morgan fingerprint density at radius 3 is 2.31 bits per heavy atom. The number of halogens is 3. The van der Waals surface area contributed by atoms with E-state index in [-0.39, 0.29) is 19.0 Å². The fraction of sp³-hybridized carbons (Fsp3) is 0.167. The van der Waals surface area contributed by atoms with Gasteiger partial charge < -0.3 is 15.0 Å². The summed E-state index contributed by atoms with van der Waals surface area (Å²) in [7, 11) is 0. The van der Waals surface area contributed by atoms with Crippen LogP contribution in [0.5, 0.6) is 0 Å². The molecule has 0 saturated heterocycles. The quantitative estimate of drug-likeness (QED) is 0.457. The van der Waals surface area contributed by atoms with Gasteiger partial charge in [-0.05, 0) is 42.0 Å². The standard InChI is InChI=1S/C24H20F3N3O2/c25-24(26,27)18-12-10-16(11-13-18)21(31)15-30-20-9-5-4-8-19(20)29-22(30)14-28-23(32)17-6-2-1-3-7-17/h1-13,21,31H,14-15H2,(H,28,32). The van der Waals surface area contributed by atoms with Gasteiger partial charge in [-0.15, -0.1) is 0 Å². The van der Waals surface area contributed by atoms with E-state index < -0.39 is 17.8 Å². The number of benzene rings is 3. The Balaban J connectivity index is 1.56. The van der Waals surface area contributed by atoms with Gasteiger partial charge in [-0.2, -0.15) is 13.2 Å². The van der Waals surface area contributed by atoms with Crippen molar-refractivity contribution in [1.29, 1.82) is 0 Å². The molecular formula is C24H20F3N3O2. The molecule has 0 spiro atoms. The van der Waals surface area contributed by atoms with Gasteiger partial charge in [-0.25, -0.2) is 4.98 Å². The van der Waals surface area contributed by atoms with E-state index in [1.54, 1.807) is 28.8 Å². The molecule has 0 fully saturated rings. The lowest BCUT2D eigenvalue weighted by Gasteiger charge is -2.16. The van der Waals surface area contributed by atoms with Crippen molar-refractivity contribution in [3.05, 3.63) is 101 Å². The van der Waals surface area contributed by atoms with Gasteiger partial charge in [-0.1, -0.05) is 42.5 Å². The predicted octanol–water partition coefficient (Wildman–Crippen LogP) is 4.72. The van der Waals surface area contributed by atoms with Crippen LogP contribution in [0.1, 0.15) is 33.4 Å². The van der Waals surface area contributed by atoms with Crippen molar-refractivity contribution in [2.75, 3.05) is 0 Å². The third kappa shape index (κ3) is 4.65. The maximum atomic E-state index is 12.8. The van der Waals surface area contributed by atoms with Gasteiger partial charge in [-0.3, -0.25) is 4.79 Å². The van der Waals surface area contributed by atoms with Gasteiger partial charge in [0.1, 0.15) is 5.82 Å². The van der Waals surface area contributed by atoms with Crippen LogP contribution in [0.3, 0.4) is 0 Å². The first-order valence-electron chi connectivity index (χ1n) is 9.95. The van der Waals surface area contributed by atoms with E-state index in [9.17, 15) is 23.1 Å². The molecule has 1 atom stereocenters. The summed E-state index contributed by atoms with van der Waals surface area (Å²) in [5, 5.41) is 13.5. The van der Waals surface area contributed by atoms with E-state index in [0.29, 0.717) is 22.5 Å². The van der Waals surface area contributed by atoms with Gasteiger partial charge in [0.25, 0.3) is 5.91 Å². The van der Waals surface area contributed by atoms with Crippen molar-refractivity contribution in [2.45, 2.75) is 25.4 Å². The van der Waals surface area contributed by atoms with Crippen molar-refractivity contribution in [3.8, 4) is 0 Å². The molecule has 1 unspecified atom stereocenters. The van der Waals surface area contributed by atoms with Crippen LogP contribution < -0.4 is 5.32 Å². The lowest BCUT2D eigenvalue weighted by molar-refractivity contribution is -0.137. The van der Waals surface area contributed by atoms with Crippen molar-refractivity contribution in [1.82, 2.24) is 14.9 Å². The number of aromatic nitrogens is 2. The number of carbonyl (C=O) groups excluding carboxylic acids is 1. The average molecular weight is 439 g/mol. The molecule has 0 aliphatic carbocycles. The number of aliphatic hydroxyl groups is 1. The predicted molar refractivity (Wildman–Crippen MR) is 114 cm³/mol. The number of hydrogen-bond acceptors (Lipinski definition) is 3. The molecule has 3 aromatic carbocycles. The fourth-order valence-electron chi connectivity index (χ4n) is 3.49. The molecule has 0 bridgehead atoms. The normalized spacial score (nSPS) is 12.6. The second-order valence-corrected chi connectivity index (χ2v) is 7.31. The average Bonchev–Trinajstić information content (AvgIpc) is 3.15. The Morgan fingerprint density at radius 1 is 0.969 bits per heavy atom. The summed E-state index contributed by atoms with van der Waals surface area (Å²) in [6.45, 7) is 0.199. The number of amides is 1. The Labute approximate surface area is 182 Å². The van der Waals surface area contributed by atoms with Crippen LogP contribution in [0.4, 0.5) is 13.2 Å². The lowest BCUT2D eigenvalue weighted by atomic mass is 10.1. The summed E-state index contributed by atoms with van der Waals surface area (Å²) in [5.41, 5.74) is 1.54. The van der Waals surface area contributed by atoms with Crippen LogP contribution in [0.25, 0.3) is 11.0 Å². The van der Waals surface area contributed by atoms with E-state index in [1.807, 2.05) is 30.3 Å². The number of nitrogens with zero attached hydrogens (tertiary/aromatic N) is 2. The van der Waals surface area contributed by atoms with Crippen molar-refractivity contribution >= 4 is 16.9 Å². The molecule has 1 aromatic heterocycles. The minimum Gasteiger partial charge on any atom is -0.387 e. The van der Waals surface area contributed by atoms with Crippen LogP contribution in [-0.2, 0) is 19.3 Å². The summed E-state index contributed by atoms with van der Waals surface area (Å²) in [5.74, 6) is 0.272. The Hall–Kier alpha value is -3.65. The molecule has 0 radical (unpaired) electrons. The number of carbonyl (C=O) groups is 1. The number of rotatable bonds is 6. The maximum absolute atomic E-state index is 12.8. The van der Waals surface area contributed by atoms with Gasteiger partial charge in [0.15, 0.2) is 0 Å². The Bertz CT molecular complexity index is 1220. The number of fused-ring (bicyclic) bond motifs is 1. The molecular weight excluding hydrogens is 419 g/mol. The number of hydrogen-bond donors (Lipinski definition) is 2. The van der Waals surface area contributed by atoms with E-state index in [2.05, 4.69) is 10.3 Å². The number of imidazole rings is 1. The third-order valence-corrected chi connectivity index (χ3v) is 5.15. The largest absolute Gasteiger partial charge is 0.416 e. The molecule has 4 aromatic rings. The van der Waals surface area contributed by atoms with E-state index in [4.69, 9.17) is 0 Å². The van der Waals surface area contributed by atoms with E-state index in [0.717, 1.165) is 17.6 Å². The highest BCUT2D eigenvalue weighted by Gasteiger charge is 2.30. The molecule has 164 valence electrons. The third-order valence-electron chi connectivity index (χ3n) is 5.15. The Morgan fingerprint density at radius 2 is 1.62 bits per heavy atom. The molecule has 1 amide bonds. The summed E-state index contributed by atoms with van der Waals surface area (Å²) in [4.78, 5) is 17.0. The lowest BCUT2D eigenvalue weighted by Crippen LogP contribution is -2.25. The zero-order chi connectivity index (χ0) is 22.7. The van der Waals surface area contributed by atoms with Crippen LogP contribution >= 0.6 is 0 Å². The van der Waals surface area contributed by atoms with Crippen molar-refractivity contribution in [2.24, 2.45) is 0 Å². The number of nitrogens with one attached hydrogen (secondary N) is 1. The molecule has 2 N–H and O–H groups in total. The highest BCUT2D eigenvalue weighted by molar-refractivity contribution is 5.94. The van der Waals surface area contributed by atoms with Crippen LogP contribution in [0, 0.1) is 0 Å². The highest BCUT2D eigenvalue weighted by atomic mass is 19.4. The van der Waals surface area contributed by atoms with Gasteiger partial charge in [0.2, 0.25) is 0 Å². The summed E-state index contributed by atoms with van der Waals surface area (Å²) >= 11 is 0.